The lowest BCUT2D eigenvalue weighted by molar-refractivity contribution is -0.144. The number of ether oxygens (including phenoxy) is 1. The topological polar surface area (TPSA) is 89.9 Å². The van der Waals surface area contributed by atoms with Crippen LogP contribution in [0, 0.1) is 11.6 Å². The molecule has 0 bridgehead atoms. The number of alkyl halides is 3. The first-order valence-electron chi connectivity index (χ1n) is 11.5. The van der Waals surface area contributed by atoms with Crippen molar-refractivity contribution in [2.45, 2.75) is 38.1 Å². The summed E-state index contributed by atoms with van der Waals surface area (Å²) in [4.78, 5) is 36.4. The molecule has 1 saturated heterocycles. The number of nitrogens with zero attached hydrogens (tertiary/aromatic N) is 5. The zero-order chi connectivity index (χ0) is 26.9. The maximum atomic E-state index is 14.1. The van der Waals surface area contributed by atoms with E-state index in [9.17, 15) is 26.7 Å². The highest BCUT2D eigenvalue weighted by Crippen LogP contribution is 2.35. The van der Waals surface area contributed by atoms with Crippen LogP contribution in [0.1, 0.15) is 40.6 Å². The van der Waals surface area contributed by atoms with Crippen LogP contribution in [0.15, 0.2) is 29.9 Å². The number of thiazole rings is 1. The van der Waals surface area contributed by atoms with Crippen LogP contribution in [-0.2, 0) is 33.9 Å². The van der Waals surface area contributed by atoms with E-state index >= 15 is 0 Å². The van der Waals surface area contributed by atoms with Crippen molar-refractivity contribution >= 4 is 23.1 Å². The molecule has 1 fully saturated rings. The molecular weight excluding hydrogens is 537 g/mol. The number of aromatic nitrogens is 3. The molecule has 202 valence electrons. The number of hydrogen-bond donors (Lipinski definition) is 0. The smallest absolute Gasteiger partial charge is 0.438 e. The van der Waals surface area contributed by atoms with E-state index < -0.39 is 41.9 Å². The van der Waals surface area contributed by atoms with Gasteiger partial charge in [0.25, 0.3) is 5.91 Å². The summed E-state index contributed by atoms with van der Waals surface area (Å²) in [5.41, 5.74) is -1.13. The molecule has 4 heterocycles. The van der Waals surface area contributed by atoms with Gasteiger partial charge in [0, 0.05) is 47.9 Å². The number of carbonyl (C=O) groups is 1. The van der Waals surface area contributed by atoms with E-state index in [2.05, 4.69) is 15.0 Å². The van der Waals surface area contributed by atoms with Crippen molar-refractivity contribution in [3.63, 3.8) is 0 Å². The van der Waals surface area contributed by atoms with Gasteiger partial charge in [-0.05, 0) is 25.0 Å². The number of piperidine rings is 1. The Bertz CT molecular complexity index is 1280. The predicted octanol–water partition coefficient (Wildman–Crippen LogP) is 4.40. The second-order valence-corrected chi connectivity index (χ2v) is 9.38. The molecule has 0 N–H and O–H groups in total. The summed E-state index contributed by atoms with van der Waals surface area (Å²) in [5, 5.41) is 3.50. The number of rotatable bonds is 5. The van der Waals surface area contributed by atoms with Crippen LogP contribution >= 0.6 is 11.3 Å². The molecule has 15 heteroatoms. The van der Waals surface area contributed by atoms with E-state index in [1.165, 1.54) is 16.2 Å². The first kappa shape index (κ1) is 26.2. The standard InChI is InChI=1S/C23H20F5N5O4S/c24-16-1-2-17(25)15-10-37-33(36-9-14(15)16)18-12-38-22(31-18)13-3-7-32(8-4-13)19(34)11-35-21-20(23(26,27)28)29-5-6-30-21/h1-2,5-6,12-13H,3-4,7-11H2. The van der Waals surface area contributed by atoms with E-state index in [1.54, 1.807) is 5.38 Å². The van der Waals surface area contributed by atoms with Gasteiger partial charge in [0.1, 0.15) is 24.8 Å². The normalized spacial score (nSPS) is 16.8. The zero-order valence-electron chi connectivity index (χ0n) is 19.6. The molecule has 1 amide bonds. The minimum atomic E-state index is -4.75. The van der Waals surface area contributed by atoms with Crippen LogP contribution in [0.3, 0.4) is 0 Å². The highest BCUT2D eigenvalue weighted by Gasteiger charge is 2.37. The Kier molecular flexibility index (Phi) is 7.40. The zero-order valence-corrected chi connectivity index (χ0v) is 20.4. The minimum Gasteiger partial charge on any atom is -0.466 e. The van der Waals surface area contributed by atoms with E-state index in [0.29, 0.717) is 31.7 Å². The average molecular weight is 558 g/mol. The van der Waals surface area contributed by atoms with Crippen molar-refractivity contribution in [3.05, 3.63) is 63.4 Å². The Labute approximate surface area is 216 Å². The maximum Gasteiger partial charge on any atom is 0.438 e. The maximum absolute atomic E-state index is 14.1. The molecule has 0 saturated carbocycles. The quantitative estimate of drug-likeness (QED) is 0.427. The molecular formula is C23H20F5N5O4S. The number of hydrogen-bond acceptors (Lipinski definition) is 9. The molecule has 0 radical (unpaired) electrons. The van der Waals surface area contributed by atoms with Gasteiger partial charge in [0.15, 0.2) is 12.4 Å². The number of benzene rings is 1. The molecule has 2 aliphatic heterocycles. The summed E-state index contributed by atoms with van der Waals surface area (Å²) in [6.45, 7) is -0.334. The predicted molar refractivity (Wildman–Crippen MR) is 122 cm³/mol. The molecule has 9 nitrogen and oxygen atoms in total. The van der Waals surface area contributed by atoms with Gasteiger partial charge >= 0.3 is 6.18 Å². The average Bonchev–Trinajstić information content (AvgIpc) is 3.28. The van der Waals surface area contributed by atoms with Gasteiger partial charge < -0.3 is 9.64 Å². The van der Waals surface area contributed by atoms with Crippen molar-refractivity contribution in [1.29, 1.82) is 0 Å². The molecule has 0 unspecified atom stereocenters. The van der Waals surface area contributed by atoms with Gasteiger partial charge in [-0.15, -0.1) is 16.6 Å². The van der Waals surface area contributed by atoms with E-state index in [4.69, 9.17) is 14.4 Å². The Morgan fingerprint density at radius 1 is 1.05 bits per heavy atom. The molecule has 2 aliphatic rings. The second kappa shape index (κ2) is 10.7. The number of amides is 1. The van der Waals surface area contributed by atoms with Gasteiger partial charge in [0.05, 0.1) is 5.01 Å². The number of anilines is 1. The molecule has 38 heavy (non-hydrogen) atoms. The fourth-order valence-electron chi connectivity index (χ4n) is 4.14. The lowest BCUT2D eigenvalue weighted by Gasteiger charge is -2.31. The van der Waals surface area contributed by atoms with Crippen molar-refractivity contribution < 1.29 is 41.2 Å². The van der Waals surface area contributed by atoms with Crippen LogP contribution in [0.25, 0.3) is 0 Å². The van der Waals surface area contributed by atoms with Crippen LogP contribution < -0.4 is 9.96 Å². The summed E-state index contributed by atoms with van der Waals surface area (Å²) < 4.78 is 72.3. The van der Waals surface area contributed by atoms with Crippen LogP contribution in [0.4, 0.5) is 27.8 Å². The van der Waals surface area contributed by atoms with E-state index in [0.717, 1.165) is 34.8 Å². The van der Waals surface area contributed by atoms with Crippen molar-refractivity contribution in [3.8, 4) is 5.88 Å². The lowest BCUT2D eigenvalue weighted by atomic mass is 9.97. The summed E-state index contributed by atoms with van der Waals surface area (Å²) in [5.74, 6) is -2.04. The summed E-state index contributed by atoms with van der Waals surface area (Å²) in [6.07, 6.45) is -1.66. The number of likely N-dealkylation sites (tertiary alicyclic amines) is 1. The highest BCUT2D eigenvalue weighted by atomic mass is 32.1. The fraction of sp³-hybridized carbons (Fsp3) is 0.391. The Morgan fingerprint density at radius 2 is 1.68 bits per heavy atom. The Hall–Kier alpha value is -3.43. The Balaban J connectivity index is 1.15. The Morgan fingerprint density at radius 3 is 2.32 bits per heavy atom. The molecule has 2 aromatic heterocycles. The summed E-state index contributed by atoms with van der Waals surface area (Å²) >= 11 is 1.36. The highest BCUT2D eigenvalue weighted by molar-refractivity contribution is 7.10. The number of halogens is 5. The van der Waals surface area contributed by atoms with E-state index in [1.807, 2.05) is 0 Å². The number of fused-ring (bicyclic) bond motifs is 1. The molecule has 5 rings (SSSR count). The third-order valence-corrected chi connectivity index (χ3v) is 7.12. The third-order valence-electron chi connectivity index (χ3n) is 6.13. The van der Waals surface area contributed by atoms with Gasteiger partial charge in [-0.2, -0.15) is 13.2 Å². The second-order valence-electron chi connectivity index (χ2n) is 8.49. The minimum absolute atomic E-state index is 0.0228. The van der Waals surface area contributed by atoms with Crippen LogP contribution in [0.2, 0.25) is 0 Å². The largest absolute Gasteiger partial charge is 0.466 e. The molecule has 0 spiro atoms. The lowest BCUT2D eigenvalue weighted by Crippen LogP contribution is -2.40. The molecule has 3 aromatic rings. The van der Waals surface area contributed by atoms with Crippen molar-refractivity contribution in [2.24, 2.45) is 0 Å². The SMILES string of the molecule is O=C(COc1nccnc1C(F)(F)F)N1CCC(c2nc(N3OCc4c(F)ccc(F)c4CO3)cs2)CC1. The van der Waals surface area contributed by atoms with Gasteiger partial charge in [0.2, 0.25) is 11.6 Å². The van der Waals surface area contributed by atoms with Gasteiger partial charge in [-0.25, -0.2) is 33.4 Å². The molecule has 0 atom stereocenters. The summed E-state index contributed by atoms with van der Waals surface area (Å²) in [7, 11) is 0. The monoisotopic (exact) mass is 557 g/mol. The molecule has 0 aliphatic carbocycles. The van der Waals surface area contributed by atoms with Crippen LogP contribution in [0.5, 0.6) is 5.88 Å². The molecule has 1 aromatic carbocycles. The first-order chi connectivity index (χ1) is 18.2. The number of carbonyl (C=O) groups excluding carboxylic acids is 1. The van der Waals surface area contributed by atoms with E-state index in [-0.39, 0.29) is 30.3 Å². The summed E-state index contributed by atoms with van der Waals surface area (Å²) in [6, 6.07) is 2.07. The van der Waals surface area contributed by atoms with Crippen LogP contribution in [-0.4, -0.2) is 45.5 Å². The van der Waals surface area contributed by atoms with Gasteiger partial charge in [-0.1, -0.05) is 0 Å². The fourth-order valence-corrected chi connectivity index (χ4v) is 5.08. The van der Waals surface area contributed by atoms with Crippen molar-refractivity contribution in [2.75, 3.05) is 24.9 Å². The first-order valence-corrected chi connectivity index (χ1v) is 12.3. The van der Waals surface area contributed by atoms with Gasteiger partial charge in [-0.3, -0.25) is 4.79 Å². The third kappa shape index (κ3) is 5.54. The van der Waals surface area contributed by atoms with Crippen molar-refractivity contribution in [1.82, 2.24) is 19.9 Å².